The number of nitrogens with zero attached hydrogens (tertiary/aromatic N) is 2. The van der Waals surface area contributed by atoms with E-state index in [1.807, 2.05) is 42.6 Å². The largest absolute Gasteiger partial charge is 0.434 e. The van der Waals surface area contributed by atoms with Crippen LogP contribution in [0.3, 0.4) is 0 Å². The van der Waals surface area contributed by atoms with E-state index in [0.29, 0.717) is 22.0 Å². The maximum atomic E-state index is 12.1. The number of rotatable bonds is 3. The van der Waals surface area contributed by atoms with Crippen molar-refractivity contribution < 1.29 is 9.21 Å². The molecule has 0 unspecified atom stereocenters. The molecule has 0 atom stereocenters. The van der Waals surface area contributed by atoms with Crippen LogP contribution in [0.2, 0.25) is 0 Å². The number of thiocarbonyl (C=S) groups is 1. The lowest BCUT2D eigenvalue weighted by molar-refractivity contribution is 0.0981. The Morgan fingerprint density at radius 3 is 2.85 bits per heavy atom. The number of aromatic nitrogens is 2. The van der Waals surface area contributed by atoms with E-state index in [1.54, 1.807) is 18.3 Å². The van der Waals surface area contributed by atoms with E-state index in [0.717, 1.165) is 16.8 Å². The van der Waals surface area contributed by atoms with E-state index in [2.05, 4.69) is 20.6 Å². The molecule has 0 aliphatic carbocycles. The summed E-state index contributed by atoms with van der Waals surface area (Å²) in [5, 5.41) is 7.81. The van der Waals surface area contributed by atoms with Crippen LogP contribution in [0.15, 0.2) is 58.5 Å². The van der Waals surface area contributed by atoms with E-state index in [1.165, 1.54) is 11.3 Å². The Labute approximate surface area is 164 Å². The molecule has 4 aromatic rings. The number of thiophene rings is 1. The number of hydrogen-bond acceptors (Lipinski definition) is 6. The minimum atomic E-state index is -0.226. The molecule has 2 N–H and O–H groups in total. The van der Waals surface area contributed by atoms with Crippen molar-refractivity contribution in [1.29, 1.82) is 0 Å². The van der Waals surface area contributed by atoms with Gasteiger partial charge in [-0.05, 0) is 66.5 Å². The zero-order valence-electron chi connectivity index (χ0n) is 14.2. The molecule has 0 saturated carbocycles. The second-order valence-corrected chi connectivity index (χ2v) is 7.12. The van der Waals surface area contributed by atoms with Gasteiger partial charge in [-0.1, -0.05) is 6.07 Å². The molecule has 4 rings (SSSR count). The SMILES string of the molecule is Cc1cc(-c2nc3ncccc3o2)ccc1NC(=S)NC(=O)c1cccs1. The third kappa shape index (κ3) is 3.71. The first-order chi connectivity index (χ1) is 13.1. The predicted molar refractivity (Wildman–Crippen MR) is 110 cm³/mol. The zero-order valence-corrected chi connectivity index (χ0v) is 15.9. The van der Waals surface area contributed by atoms with Crippen LogP contribution in [0.1, 0.15) is 15.2 Å². The number of nitrogens with one attached hydrogen (secondary N) is 2. The average Bonchev–Trinajstić information content (AvgIpc) is 3.33. The zero-order chi connectivity index (χ0) is 18.8. The average molecular weight is 394 g/mol. The number of hydrogen-bond donors (Lipinski definition) is 2. The van der Waals surface area contributed by atoms with Gasteiger partial charge < -0.3 is 9.73 Å². The topological polar surface area (TPSA) is 80.1 Å². The summed E-state index contributed by atoms with van der Waals surface area (Å²) in [6.45, 7) is 1.94. The van der Waals surface area contributed by atoms with Gasteiger partial charge in [-0.25, -0.2) is 4.98 Å². The summed E-state index contributed by atoms with van der Waals surface area (Å²) < 4.78 is 5.75. The van der Waals surface area contributed by atoms with Gasteiger partial charge in [0.2, 0.25) is 5.89 Å². The van der Waals surface area contributed by atoms with Crippen molar-refractivity contribution in [1.82, 2.24) is 15.3 Å². The van der Waals surface area contributed by atoms with Gasteiger partial charge in [0.1, 0.15) is 0 Å². The molecule has 3 heterocycles. The van der Waals surface area contributed by atoms with Crippen LogP contribution >= 0.6 is 23.6 Å². The predicted octanol–water partition coefficient (Wildman–Crippen LogP) is 4.39. The van der Waals surface area contributed by atoms with Gasteiger partial charge in [0.05, 0.1) is 4.88 Å². The standard InChI is InChI=1S/C19H14N4O2S2/c1-11-10-12(18-22-16-14(25-18)4-2-8-20-16)6-7-13(11)21-19(26)23-17(24)15-5-3-9-27-15/h2-10H,1H3,(H2,21,23,24,26). The third-order valence-corrected chi connectivity index (χ3v) is 4.93. The first-order valence-corrected chi connectivity index (χ1v) is 9.37. The molecule has 3 aromatic heterocycles. The van der Waals surface area contributed by atoms with E-state index in [9.17, 15) is 4.79 Å². The normalized spacial score (nSPS) is 10.7. The molecule has 0 fully saturated rings. The van der Waals surface area contributed by atoms with Crippen LogP contribution in [0.4, 0.5) is 5.69 Å². The molecule has 134 valence electrons. The van der Waals surface area contributed by atoms with Crippen molar-refractivity contribution in [2.45, 2.75) is 6.92 Å². The molecule has 0 spiro atoms. The van der Waals surface area contributed by atoms with Gasteiger partial charge >= 0.3 is 0 Å². The van der Waals surface area contributed by atoms with Crippen LogP contribution < -0.4 is 10.6 Å². The first kappa shape index (κ1) is 17.3. The van der Waals surface area contributed by atoms with Gasteiger partial charge in [-0.15, -0.1) is 11.3 Å². The highest BCUT2D eigenvalue weighted by Crippen LogP contribution is 2.26. The van der Waals surface area contributed by atoms with Gasteiger partial charge in [-0.3, -0.25) is 10.1 Å². The number of amides is 1. The van der Waals surface area contributed by atoms with Crippen molar-refractivity contribution in [3.63, 3.8) is 0 Å². The number of anilines is 1. The van der Waals surface area contributed by atoms with Crippen LogP contribution in [0.5, 0.6) is 0 Å². The number of aryl methyl sites for hydroxylation is 1. The lowest BCUT2D eigenvalue weighted by atomic mass is 10.1. The maximum Gasteiger partial charge on any atom is 0.267 e. The minimum absolute atomic E-state index is 0.226. The monoisotopic (exact) mass is 394 g/mol. The summed E-state index contributed by atoms with van der Waals surface area (Å²) in [7, 11) is 0. The quantitative estimate of drug-likeness (QED) is 0.502. The number of pyridine rings is 1. The Kier molecular flexibility index (Phi) is 4.66. The second-order valence-electron chi connectivity index (χ2n) is 5.76. The lowest BCUT2D eigenvalue weighted by Gasteiger charge is -2.12. The molecule has 0 aliphatic rings. The molecule has 1 aromatic carbocycles. The highest BCUT2D eigenvalue weighted by molar-refractivity contribution is 7.80. The smallest absolute Gasteiger partial charge is 0.267 e. The summed E-state index contributed by atoms with van der Waals surface area (Å²) in [5.41, 5.74) is 3.79. The Morgan fingerprint density at radius 2 is 2.11 bits per heavy atom. The molecule has 0 aliphatic heterocycles. The van der Waals surface area contributed by atoms with Crippen molar-refractivity contribution in [3.8, 4) is 11.5 Å². The summed E-state index contributed by atoms with van der Waals surface area (Å²) in [6.07, 6.45) is 1.68. The van der Waals surface area contributed by atoms with E-state index < -0.39 is 0 Å². The molecule has 8 heteroatoms. The summed E-state index contributed by atoms with van der Waals surface area (Å²) in [5.74, 6) is 0.280. The molecule has 0 radical (unpaired) electrons. The highest BCUT2D eigenvalue weighted by Gasteiger charge is 2.12. The van der Waals surface area contributed by atoms with Crippen molar-refractivity contribution in [2.75, 3.05) is 5.32 Å². The molecule has 0 saturated heterocycles. The second kappa shape index (κ2) is 7.26. The minimum Gasteiger partial charge on any atom is -0.434 e. The number of fused-ring (bicyclic) bond motifs is 1. The first-order valence-electron chi connectivity index (χ1n) is 8.08. The fraction of sp³-hybridized carbons (Fsp3) is 0.0526. The van der Waals surface area contributed by atoms with Crippen LogP contribution in [-0.2, 0) is 0 Å². The van der Waals surface area contributed by atoms with Crippen molar-refractivity contribution >= 4 is 51.5 Å². The molecule has 27 heavy (non-hydrogen) atoms. The van der Waals surface area contributed by atoms with Gasteiger partial charge in [0.25, 0.3) is 5.91 Å². The van der Waals surface area contributed by atoms with E-state index in [-0.39, 0.29) is 11.0 Å². The Balaban J connectivity index is 1.50. The molecule has 0 bridgehead atoms. The Morgan fingerprint density at radius 1 is 1.22 bits per heavy atom. The molecule has 6 nitrogen and oxygen atoms in total. The van der Waals surface area contributed by atoms with Crippen molar-refractivity contribution in [2.24, 2.45) is 0 Å². The third-order valence-electron chi connectivity index (χ3n) is 3.86. The van der Waals surface area contributed by atoms with Gasteiger partial charge in [-0.2, -0.15) is 4.98 Å². The number of oxazole rings is 1. The van der Waals surface area contributed by atoms with Crippen molar-refractivity contribution in [3.05, 3.63) is 64.5 Å². The fourth-order valence-electron chi connectivity index (χ4n) is 2.56. The van der Waals surface area contributed by atoms with Gasteiger partial charge in [0.15, 0.2) is 16.3 Å². The number of benzene rings is 1. The number of carbonyl (C=O) groups is 1. The lowest BCUT2D eigenvalue weighted by Crippen LogP contribution is -2.33. The van der Waals surface area contributed by atoms with Gasteiger partial charge in [0, 0.05) is 17.4 Å². The Hall–Kier alpha value is -3.10. The van der Waals surface area contributed by atoms with E-state index >= 15 is 0 Å². The number of carbonyl (C=O) groups excluding carboxylic acids is 1. The molecular weight excluding hydrogens is 380 g/mol. The summed E-state index contributed by atoms with van der Waals surface area (Å²) >= 11 is 6.60. The van der Waals surface area contributed by atoms with Crippen LogP contribution in [0, 0.1) is 6.92 Å². The van der Waals surface area contributed by atoms with Crippen LogP contribution in [0.25, 0.3) is 22.7 Å². The molecular formula is C19H14N4O2S2. The Bertz CT molecular complexity index is 1100. The molecule has 1 amide bonds. The fourth-order valence-corrected chi connectivity index (χ4v) is 3.38. The maximum absolute atomic E-state index is 12.1. The highest BCUT2D eigenvalue weighted by atomic mass is 32.1. The summed E-state index contributed by atoms with van der Waals surface area (Å²) in [6, 6.07) is 12.9. The van der Waals surface area contributed by atoms with E-state index in [4.69, 9.17) is 16.6 Å². The summed E-state index contributed by atoms with van der Waals surface area (Å²) in [4.78, 5) is 21.3. The van der Waals surface area contributed by atoms with Crippen LogP contribution in [-0.4, -0.2) is 21.0 Å².